The summed E-state index contributed by atoms with van der Waals surface area (Å²) in [6.45, 7) is 5.78. The Hall–Kier alpha value is -0.850. The summed E-state index contributed by atoms with van der Waals surface area (Å²) < 4.78 is 31.0. The second-order valence-electron chi connectivity index (χ2n) is 6.38. The van der Waals surface area contributed by atoms with E-state index >= 15 is 0 Å². The first kappa shape index (κ1) is 24.2. The summed E-state index contributed by atoms with van der Waals surface area (Å²) in [5.74, 6) is 1.31. The molecule has 1 fully saturated rings. The molecule has 1 atom stereocenters. The zero-order valence-electron chi connectivity index (χ0n) is 15.9. The second-order valence-corrected chi connectivity index (χ2v) is 8.47. The molecule has 1 saturated heterocycles. The fourth-order valence-corrected chi connectivity index (χ4v) is 4.47. The van der Waals surface area contributed by atoms with Gasteiger partial charge in [-0.05, 0) is 38.3 Å². The van der Waals surface area contributed by atoms with E-state index in [1.165, 1.54) is 6.26 Å². The fraction of sp³-hybridized carbons (Fsp3) is 0.706. The molecule has 1 aliphatic heterocycles. The minimum Gasteiger partial charge on any atom is -0.467 e. The fourth-order valence-electron chi connectivity index (χ4n) is 2.93. The van der Waals surface area contributed by atoms with Crippen LogP contribution in [0.4, 0.5) is 0 Å². The number of aliphatic hydroxyl groups excluding tert-OH is 1. The van der Waals surface area contributed by atoms with Crippen molar-refractivity contribution < 1.29 is 17.9 Å². The lowest BCUT2D eigenvalue weighted by atomic mass is 10.1. The van der Waals surface area contributed by atoms with E-state index in [4.69, 9.17) is 4.42 Å². The Morgan fingerprint density at radius 3 is 2.67 bits per heavy atom. The number of sulfonamides is 1. The predicted octanol–water partition coefficient (Wildman–Crippen LogP) is 1.69. The van der Waals surface area contributed by atoms with Crippen molar-refractivity contribution >= 4 is 40.0 Å². The van der Waals surface area contributed by atoms with Gasteiger partial charge in [-0.25, -0.2) is 12.7 Å². The van der Waals surface area contributed by atoms with E-state index in [0.29, 0.717) is 37.8 Å². The Morgan fingerprint density at radius 2 is 2.11 bits per heavy atom. The van der Waals surface area contributed by atoms with E-state index < -0.39 is 16.1 Å². The predicted molar refractivity (Wildman–Crippen MR) is 117 cm³/mol. The highest BCUT2D eigenvalue weighted by molar-refractivity contribution is 14.0. The van der Waals surface area contributed by atoms with Gasteiger partial charge < -0.3 is 20.2 Å². The van der Waals surface area contributed by atoms with Crippen molar-refractivity contribution in [2.45, 2.75) is 45.3 Å². The van der Waals surface area contributed by atoms with Gasteiger partial charge in [0, 0.05) is 25.7 Å². The van der Waals surface area contributed by atoms with Crippen LogP contribution in [0.15, 0.2) is 27.8 Å². The van der Waals surface area contributed by atoms with Crippen LogP contribution < -0.4 is 10.6 Å². The van der Waals surface area contributed by atoms with Crippen molar-refractivity contribution in [3.8, 4) is 0 Å². The molecule has 0 saturated carbocycles. The third kappa shape index (κ3) is 7.59. The summed E-state index contributed by atoms with van der Waals surface area (Å²) in [7, 11) is -3.13. The van der Waals surface area contributed by atoms with Crippen molar-refractivity contribution in [1.29, 1.82) is 0 Å². The second kappa shape index (κ2) is 11.9. The molecule has 1 aliphatic rings. The standard InChI is InChI=1S/C17H30N4O4S.HI/c1-3-12-26(23,24)21-9-7-14(8-10-21)20-17(18-4-2)19-13-15(22)16-6-5-11-25-16;/h5-6,11,14-15,22H,3-4,7-10,12-13H2,1-2H3,(H2,18,19,20);1H. The smallest absolute Gasteiger partial charge is 0.214 e. The Morgan fingerprint density at radius 1 is 1.41 bits per heavy atom. The topological polar surface area (TPSA) is 107 Å². The minimum atomic E-state index is -3.13. The maximum absolute atomic E-state index is 12.1. The number of hydrogen-bond donors (Lipinski definition) is 3. The number of piperidine rings is 1. The van der Waals surface area contributed by atoms with Gasteiger partial charge in [0.05, 0.1) is 18.6 Å². The summed E-state index contributed by atoms with van der Waals surface area (Å²) in [5.41, 5.74) is 0. The van der Waals surface area contributed by atoms with Crippen LogP contribution >= 0.6 is 24.0 Å². The van der Waals surface area contributed by atoms with Gasteiger partial charge in [0.15, 0.2) is 5.96 Å². The van der Waals surface area contributed by atoms with E-state index in [1.807, 2.05) is 13.8 Å². The van der Waals surface area contributed by atoms with Crippen LogP contribution in [-0.4, -0.2) is 61.8 Å². The third-order valence-corrected chi connectivity index (χ3v) is 6.36. The first-order valence-corrected chi connectivity index (χ1v) is 10.8. The third-order valence-electron chi connectivity index (χ3n) is 4.29. The summed E-state index contributed by atoms with van der Waals surface area (Å²) in [6.07, 6.45) is 2.82. The maximum Gasteiger partial charge on any atom is 0.214 e. The normalized spacial score (nSPS) is 18.0. The van der Waals surface area contributed by atoms with Gasteiger partial charge in [0.1, 0.15) is 11.9 Å². The van der Waals surface area contributed by atoms with Crippen LogP contribution in [0.3, 0.4) is 0 Å². The lowest BCUT2D eigenvalue weighted by molar-refractivity contribution is 0.158. The Labute approximate surface area is 178 Å². The van der Waals surface area contributed by atoms with E-state index in [9.17, 15) is 13.5 Å². The Bertz CT molecular complexity index is 658. The lowest BCUT2D eigenvalue weighted by Gasteiger charge is -2.32. The Balaban J connectivity index is 0.00000364. The molecule has 1 unspecified atom stereocenters. The van der Waals surface area contributed by atoms with Crippen LogP contribution in [0.2, 0.25) is 0 Å². The number of nitrogens with zero attached hydrogens (tertiary/aromatic N) is 2. The number of nitrogens with one attached hydrogen (secondary N) is 2. The monoisotopic (exact) mass is 514 g/mol. The number of halogens is 1. The molecular weight excluding hydrogens is 483 g/mol. The van der Waals surface area contributed by atoms with Crippen LogP contribution in [-0.2, 0) is 10.0 Å². The average Bonchev–Trinajstić information content (AvgIpc) is 3.15. The summed E-state index contributed by atoms with van der Waals surface area (Å²) in [5, 5.41) is 16.6. The van der Waals surface area contributed by atoms with Crippen molar-refractivity contribution in [2.75, 3.05) is 31.9 Å². The molecule has 27 heavy (non-hydrogen) atoms. The highest BCUT2D eigenvalue weighted by Gasteiger charge is 2.27. The first-order chi connectivity index (χ1) is 12.5. The maximum atomic E-state index is 12.1. The summed E-state index contributed by atoms with van der Waals surface area (Å²) in [6, 6.07) is 3.60. The number of furan rings is 1. The zero-order chi connectivity index (χ0) is 19.0. The SMILES string of the molecule is CCCS(=O)(=O)N1CCC(NC(=NCC(O)c2ccco2)NCC)CC1.I. The molecule has 10 heteroatoms. The lowest BCUT2D eigenvalue weighted by Crippen LogP contribution is -2.50. The molecule has 0 aromatic carbocycles. The number of aliphatic hydroxyl groups is 1. The first-order valence-electron chi connectivity index (χ1n) is 9.20. The number of guanidine groups is 1. The van der Waals surface area contributed by atoms with E-state index in [2.05, 4.69) is 15.6 Å². The van der Waals surface area contributed by atoms with Gasteiger partial charge in [0.25, 0.3) is 0 Å². The van der Waals surface area contributed by atoms with Crippen LogP contribution in [0, 0.1) is 0 Å². The molecule has 2 heterocycles. The molecule has 0 aliphatic carbocycles. The average molecular weight is 514 g/mol. The van der Waals surface area contributed by atoms with E-state index in [0.717, 1.165) is 12.8 Å². The highest BCUT2D eigenvalue weighted by Crippen LogP contribution is 2.16. The molecule has 1 aromatic rings. The largest absolute Gasteiger partial charge is 0.467 e. The Kier molecular flexibility index (Phi) is 10.6. The molecule has 156 valence electrons. The zero-order valence-corrected chi connectivity index (χ0v) is 19.1. The van der Waals surface area contributed by atoms with Gasteiger partial charge in [0.2, 0.25) is 10.0 Å². The van der Waals surface area contributed by atoms with Gasteiger partial charge >= 0.3 is 0 Å². The number of rotatable bonds is 8. The molecule has 0 amide bonds. The molecule has 1 aromatic heterocycles. The van der Waals surface area contributed by atoms with Crippen molar-refractivity contribution in [1.82, 2.24) is 14.9 Å². The van der Waals surface area contributed by atoms with Gasteiger partial charge in [-0.2, -0.15) is 0 Å². The minimum absolute atomic E-state index is 0. The van der Waals surface area contributed by atoms with Crippen LogP contribution in [0.1, 0.15) is 45.0 Å². The number of hydrogen-bond acceptors (Lipinski definition) is 5. The molecular formula is C17H31IN4O4S. The molecule has 3 N–H and O–H groups in total. The summed E-state index contributed by atoms with van der Waals surface area (Å²) in [4.78, 5) is 4.41. The molecule has 0 radical (unpaired) electrons. The van der Waals surface area contributed by atoms with Gasteiger partial charge in [-0.3, -0.25) is 4.99 Å². The van der Waals surface area contributed by atoms with Crippen molar-refractivity contribution in [2.24, 2.45) is 4.99 Å². The van der Waals surface area contributed by atoms with Crippen LogP contribution in [0.5, 0.6) is 0 Å². The van der Waals surface area contributed by atoms with Gasteiger partial charge in [-0.15, -0.1) is 24.0 Å². The van der Waals surface area contributed by atoms with Crippen molar-refractivity contribution in [3.05, 3.63) is 24.2 Å². The molecule has 0 bridgehead atoms. The van der Waals surface area contributed by atoms with Gasteiger partial charge in [-0.1, -0.05) is 6.92 Å². The number of aliphatic imine (C=N–C) groups is 1. The van der Waals surface area contributed by atoms with E-state index in [1.54, 1.807) is 16.4 Å². The van der Waals surface area contributed by atoms with E-state index in [-0.39, 0.29) is 42.3 Å². The highest BCUT2D eigenvalue weighted by atomic mass is 127. The quantitative estimate of drug-likeness (QED) is 0.277. The summed E-state index contributed by atoms with van der Waals surface area (Å²) >= 11 is 0. The van der Waals surface area contributed by atoms with Crippen molar-refractivity contribution in [3.63, 3.8) is 0 Å². The molecule has 8 nitrogen and oxygen atoms in total. The molecule has 2 rings (SSSR count). The molecule has 0 spiro atoms. The van der Waals surface area contributed by atoms with Crippen LogP contribution in [0.25, 0.3) is 0 Å².